The lowest BCUT2D eigenvalue weighted by Crippen LogP contribution is -2.26. The summed E-state index contributed by atoms with van der Waals surface area (Å²) in [5, 5.41) is 4.44. The van der Waals surface area contributed by atoms with Crippen molar-refractivity contribution in [2.24, 2.45) is 11.3 Å². The van der Waals surface area contributed by atoms with Gasteiger partial charge in [-0.15, -0.1) is 11.3 Å². The lowest BCUT2D eigenvalue weighted by Gasteiger charge is -2.33. The molecule has 2 aromatic heterocycles. The van der Waals surface area contributed by atoms with E-state index in [1.807, 2.05) is 24.3 Å². The van der Waals surface area contributed by atoms with Crippen LogP contribution >= 0.6 is 23.1 Å². The summed E-state index contributed by atoms with van der Waals surface area (Å²) in [5.41, 5.74) is 3.74. The van der Waals surface area contributed by atoms with Gasteiger partial charge in [0.25, 0.3) is 0 Å². The Hall–Kier alpha value is -2.32. The minimum atomic E-state index is -0.337. The minimum Gasteiger partial charge on any atom is -0.462 e. The van der Waals surface area contributed by atoms with Gasteiger partial charge >= 0.3 is 5.97 Å². The molecule has 33 heavy (non-hydrogen) atoms. The molecule has 6 nitrogen and oxygen atoms in total. The van der Waals surface area contributed by atoms with Gasteiger partial charge in [-0.3, -0.25) is 4.79 Å². The van der Waals surface area contributed by atoms with Crippen molar-refractivity contribution in [3.63, 3.8) is 0 Å². The summed E-state index contributed by atoms with van der Waals surface area (Å²) >= 11 is 3.06. The van der Waals surface area contributed by atoms with Crippen LogP contribution in [-0.4, -0.2) is 34.2 Å². The Bertz CT molecular complexity index is 1130. The van der Waals surface area contributed by atoms with Crippen molar-refractivity contribution in [2.75, 3.05) is 17.7 Å². The van der Waals surface area contributed by atoms with Crippen molar-refractivity contribution in [3.8, 4) is 0 Å². The fourth-order valence-corrected chi connectivity index (χ4v) is 6.42. The number of carbonyl (C=O) groups is 2. The number of nitrogens with zero attached hydrogens (tertiary/aromatic N) is 1. The third kappa shape index (κ3) is 5.44. The van der Waals surface area contributed by atoms with Crippen molar-refractivity contribution in [1.29, 1.82) is 0 Å². The molecule has 4 rings (SSSR count). The molecule has 1 aliphatic rings. The molecule has 1 amide bonds. The standard InChI is InChI=1S/C25H31N3O3S2/c1-5-31-23(30)21-16-11-10-15(25(2,3)4)14-19(16)33-22(21)28-20(29)12-13-32-24-26-17-8-6-7-9-18(17)27-24/h6-9,15H,5,10-14H2,1-4H3,(H,26,27)(H,28,29). The second-order valence-electron chi connectivity index (χ2n) is 9.44. The van der Waals surface area contributed by atoms with Crippen LogP contribution in [0.25, 0.3) is 11.0 Å². The smallest absolute Gasteiger partial charge is 0.341 e. The molecular formula is C25H31N3O3S2. The van der Waals surface area contributed by atoms with Gasteiger partial charge in [-0.1, -0.05) is 44.7 Å². The highest BCUT2D eigenvalue weighted by molar-refractivity contribution is 7.99. The van der Waals surface area contributed by atoms with Gasteiger partial charge < -0.3 is 15.0 Å². The van der Waals surface area contributed by atoms with Gasteiger partial charge in [0, 0.05) is 17.1 Å². The van der Waals surface area contributed by atoms with Gasteiger partial charge in [0.1, 0.15) is 5.00 Å². The number of fused-ring (bicyclic) bond motifs is 2. The first-order valence-corrected chi connectivity index (χ1v) is 13.3. The van der Waals surface area contributed by atoms with Gasteiger partial charge in [-0.25, -0.2) is 9.78 Å². The van der Waals surface area contributed by atoms with Gasteiger partial charge in [-0.05, 0) is 55.2 Å². The number of hydrogen-bond donors (Lipinski definition) is 2. The molecule has 1 aliphatic carbocycles. The molecule has 2 N–H and O–H groups in total. The van der Waals surface area contributed by atoms with Crippen LogP contribution in [0.3, 0.4) is 0 Å². The van der Waals surface area contributed by atoms with Gasteiger partial charge in [0.15, 0.2) is 5.16 Å². The molecule has 2 heterocycles. The van der Waals surface area contributed by atoms with Crippen LogP contribution in [-0.2, 0) is 22.4 Å². The summed E-state index contributed by atoms with van der Waals surface area (Å²) in [4.78, 5) is 34.5. The highest BCUT2D eigenvalue weighted by atomic mass is 32.2. The molecule has 0 fully saturated rings. The predicted molar refractivity (Wildman–Crippen MR) is 135 cm³/mol. The maximum absolute atomic E-state index is 12.8. The van der Waals surface area contributed by atoms with E-state index in [9.17, 15) is 9.59 Å². The quantitative estimate of drug-likeness (QED) is 0.313. The van der Waals surface area contributed by atoms with Crippen LogP contribution in [0.5, 0.6) is 0 Å². The number of carbonyl (C=O) groups excluding carboxylic acids is 2. The van der Waals surface area contributed by atoms with Crippen LogP contribution in [0.4, 0.5) is 5.00 Å². The number of rotatable bonds is 7. The third-order valence-electron chi connectivity index (χ3n) is 6.16. The maximum atomic E-state index is 12.8. The number of H-pyrrole nitrogens is 1. The Morgan fingerprint density at radius 3 is 2.82 bits per heavy atom. The van der Waals surface area contributed by atoms with Crippen molar-refractivity contribution in [1.82, 2.24) is 9.97 Å². The fourth-order valence-electron chi connectivity index (χ4n) is 4.26. The lowest BCUT2D eigenvalue weighted by molar-refractivity contribution is -0.115. The van der Waals surface area contributed by atoms with E-state index in [2.05, 4.69) is 36.1 Å². The van der Waals surface area contributed by atoms with E-state index in [-0.39, 0.29) is 17.3 Å². The van der Waals surface area contributed by atoms with Crippen LogP contribution in [0.15, 0.2) is 29.4 Å². The monoisotopic (exact) mass is 485 g/mol. The van der Waals surface area contributed by atoms with Gasteiger partial charge in [-0.2, -0.15) is 0 Å². The Kier molecular flexibility index (Phi) is 7.14. The zero-order valence-electron chi connectivity index (χ0n) is 19.6. The summed E-state index contributed by atoms with van der Waals surface area (Å²) in [7, 11) is 0. The van der Waals surface area contributed by atoms with Crippen LogP contribution in [0.1, 0.15) is 61.3 Å². The number of aromatic nitrogens is 2. The Labute approximate surface area is 202 Å². The molecule has 0 bridgehead atoms. The number of amides is 1. The van der Waals surface area contributed by atoms with Gasteiger partial charge in [0.2, 0.25) is 5.91 Å². The highest BCUT2D eigenvalue weighted by Crippen LogP contribution is 2.44. The summed E-state index contributed by atoms with van der Waals surface area (Å²) in [6, 6.07) is 7.87. The summed E-state index contributed by atoms with van der Waals surface area (Å²) in [6.45, 7) is 8.93. The Balaban J connectivity index is 1.44. The number of benzene rings is 1. The average Bonchev–Trinajstić information content (AvgIpc) is 3.33. The lowest BCUT2D eigenvalue weighted by atomic mass is 9.72. The number of para-hydroxylation sites is 2. The fraction of sp³-hybridized carbons (Fsp3) is 0.480. The van der Waals surface area contributed by atoms with E-state index < -0.39 is 0 Å². The summed E-state index contributed by atoms with van der Waals surface area (Å²) in [5.74, 6) is 0.714. The van der Waals surface area contributed by atoms with Crippen LogP contribution < -0.4 is 5.32 Å². The second-order valence-corrected chi connectivity index (χ2v) is 11.6. The molecule has 0 aliphatic heterocycles. The van der Waals surface area contributed by atoms with E-state index >= 15 is 0 Å². The second kappa shape index (κ2) is 9.89. The largest absolute Gasteiger partial charge is 0.462 e. The van der Waals surface area contributed by atoms with Crippen molar-refractivity contribution >= 4 is 51.0 Å². The molecule has 3 aromatic rings. The van der Waals surface area contributed by atoms with E-state index in [0.717, 1.165) is 41.0 Å². The summed E-state index contributed by atoms with van der Waals surface area (Å²) in [6.07, 6.45) is 3.16. The normalized spacial score (nSPS) is 15.9. The number of imidazole rings is 1. The molecule has 0 saturated carbocycles. The Morgan fingerprint density at radius 1 is 1.30 bits per heavy atom. The number of thiophene rings is 1. The average molecular weight is 486 g/mol. The summed E-state index contributed by atoms with van der Waals surface area (Å²) < 4.78 is 5.34. The zero-order valence-corrected chi connectivity index (χ0v) is 21.3. The van der Waals surface area contributed by atoms with Crippen molar-refractivity contribution in [3.05, 3.63) is 40.3 Å². The molecule has 176 valence electrons. The molecule has 8 heteroatoms. The van der Waals surface area contributed by atoms with Crippen molar-refractivity contribution < 1.29 is 14.3 Å². The molecule has 1 unspecified atom stereocenters. The van der Waals surface area contributed by atoms with Crippen molar-refractivity contribution in [2.45, 2.75) is 58.5 Å². The van der Waals surface area contributed by atoms with Crippen LogP contribution in [0.2, 0.25) is 0 Å². The number of anilines is 1. The predicted octanol–water partition coefficient (Wildman–Crippen LogP) is 6.07. The van der Waals surface area contributed by atoms with Crippen LogP contribution in [0, 0.1) is 11.3 Å². The first-order chi connectivity index (χ1) is 15.8. The number of aromatic amines is 1. The number of thioether (sulfide) groups is 1. The van der Waals surface area contributed by atoms with E-state index in [1.165, 1.54) is 28.0 Å². The molecule has 0 radical (unpaired) electrons. The zero-order chi connectivity index (χ0) is 23.6. The first kappa shape index (κ1) is 23.8. The molecular weight excluding hydrogens is 454 g/mol. The molecule has 1 atom stereocenters. The number of nitrogens with one attached hydrogen (secondary N) is 2. The minimum absolute atomic E-state index is 0.102. The SMILES string of the molecule is CCOC(=O)c1c(NC(=O)CCSc2nc3ccccc3[nH]2)sc2c1CCC(C(C)(C)C)C2. The Morgan fingerprint density at radius 2 is 2.09 bits per heavy atom. The first-order valence-electron chi connectivity index (χ1n) is 11.4. The highest BCUT2D eigenvalue weighted by Gasteiger charge is 2.34. The molecule has 0 spiro atoms. The van der Waals surface area contributed by atoms with E-state index in [0.29, 0.717) is 35.3 Å². The molecule has 0 saturated heterocycles. The number of hydrogen-bond acceptors (Lipinski definition) is 6. The van der Waals surface area contributed by atoms with E-state index in [4.69, 9.17) is 4.74 Å². The third-order valence-corrected chi connectivity index (χ3v) is 8.20. The number of esters is 1. The maximum Gasteiger partial charge on any atom is 0.341 e. The topological polar surface area (TPSA) is 84.1 Å². The molecule has 1 aromatic carbocycles. The number of ether oxygens (including phenoxy) is 1. The van der Waals surface area contributed by atoms with Gasteiger partial charge in [0.05, 0.1) is 23.2 Å². The van der Waals surface area contributed by atoms with E-state index in [1.54, 1.807) is 6.92 Å².